The smallest absolute Gasteiger partial charge is 0.0840 e. The first-order chi connectivity index (χ1) is 5.50. The summed E-state index contributed by atoms with van der Waals surface area (Å²) in [5.41, 5.74) is 0. The van der Waals surface area contributed by atoms with E-state index in [1.54, 1.807) is 24.8 Å². The summed E-state index contributed by atoms with van der Waals surface area (Å²) in [6.45, 7) is 0.889. The molecule has 0 bridgehead atoms. The van der Waals surface area contributed by atoms with Crippen LogP contribution in [0.5, 0.6) is 0 Å². The van der Waals surface area contributed by atoms with Gasteiger partial charge in [-0.15, -0.1) is 0 Å². The molecule has 4 nitrogen and oxygen atoms in total. The molecule has 0 saturated carbocycles. The van der Waals surface area contributed by atoms with E-state index in [1.807, 2.05) is 12.4 Å². The lowest BCUT2D eigenvalue weighted by atomic mass is 10.8. The first-order valence-electron chi connectivity index (χ1n) is 3.32. The van der Waals surface area contributed by atoms with E-state index < -0.39 is 0 Å². The highest BCUT2D eigenvalue weighted by atomic mass is 15.1. The van der Waals surface area contributed by atoms with Gasteiger partial charge in [0.15, 0.2) is 0 Å². The van der Waals surface area contributed by atoms with Crippen molar-refractivity contribution < 1.29 is 0 Å². The number of hydrogen-bond acceptors (Lipinski definition) is 4. The molecule has 58 valence electrons. The summed E-state index contributed by atoms with van der Waals surface area (Å²) in [7, 11) is 0. The van der Waals surface area contributed by atoms with Gasteiger partial charge in [-0.25, -0.2) is 0 Å². The molecule has 0 radical (unpaired) electrons. The third-order valence-electron chi connectivity index (χ3n) is 1.00. The van der Waals surface area contributed by atoms with Crippen molar-refractivity contribution in [2.75, 3.05) is 6.67 Å². The Bertz CT molecular complexity index is 164. The quantitative estimate of drug-likeness (QED) is 0.550. The molecule has 2 heterocycles. The maximum Gasteiger partial charge on any atom is 0.0840 e. The summed E-state index contributed by atoms with van der Waals surface area (Å²) in [4.78, 5) is 7.44. The molecule has 0 aromatic carbocycles. The Morgan fingerprint density at radius 2 is 1.27 bits per heavy atom. The van der Waals surface area contributed by atoms with Crippen LogP contribution in [0.1, 0.15) is 0 Å². The molecule has 2 N–H and O–H groups in total. The van der Waals surface area contributed by atoms with Gasteiger partial charge in [0, 0.05) is 37.2 Å². The zero-order chi connectivity index (χ0) is 7.78. The molecule has 11 heavy (non-hydrogen) atoms. The molecule has 4 heteroatoms. The Hall–Kier alpha value is -1.58. The van der Waals surface area contributed by atoms with Gasteiger partial charge in [0.2, 0.25) is 0 Å². The van der Waals surface area contributed by atoms with Crippen molar-refractivity contribution in [2.45, 2.75) is 0 Å². The number of rotatable bonds is 0. The Morgan fingerprint density at radius 3 is 1.45 bits per heavy atom. The highest BCUT2D eigenvalue weighted by Gasteiger charge is 1.77. The van der Waals surface area contributed by atoms with Crippen molar-refractivity contribution in [3.05, 3.63) is 37.2 Å². The van der Waals surface area contributed by atoms with Crippen LogP contribution in [-0.2, 0) is 0 Å². The fourth-order valence-electron chi connectivity index (χ4n) is 0.548. The summed E-state index contributed by atoms with van der Waals surface area (Å²) >= 11 is 0. The van der Waals surface area contributed by atoms with Crippen LogP contribution in [0.15, 0.2) is 37.2 Å². The van der Waals surface area contributed by atoms with E-state index in [0.29, 0.717) is 0 Å². The molecule has 0 aliphatic carbocycles. The zero-order valence-corrected chi connectivity index (χ0v) is 6.07. The van der Waals surface area contributed by atoms with Gasteiger partial charge in [0.25, 0.3) is 0 Å². The number of hydrogen-bond donors (Lipinski definition) is 2. The predicted molar refractivity (Wildman–Crippen MR) is 42.3 cm³/mol. The lowest BCUT2D eigenvalue weighted by Gasteiger charge is -1.82. The molecule has 1 aliphatic rings. The molecule has 0 amide bonds. The second kappa shape index (κ2) is 5.22. The average molecular weight is 150 g/mol. The van der Waals surface area contributed by atoms with Gasteiger partial charge >= 0.3 is 0 Å². The molecule has 1 aromatic heterocycles. The van der Waals surface area contributed by atoms with Crippen molar-refractivity contribution in [1.29, 1.82) is 0 Å². The van der Waals surface area contributed by atoms with Gasteiger partial charge in [-0.3, -0.25) is 9.97 Å². The highest BCUT2D eigenvalue weighted by Crippen LogP contribution is 1.66. The van der Waals surface area contributed by atoms with Crippen molar-refractivity contribution in [3.63, 3.8) is 0 Å². The minimum Gasteiger partial charge on any atom is -0.373 e. The minimum absolute atomic E-state index is 0.889. The molecule has 0 saturated heterocycles. The molecule has 1 aromatic rings. The second-order valence-corrected chi connectivity index (χ2v) is 1.81. The van der Waals surface area contributed by atoms with Gasteiger partial charge in [0.05, 0.1) is 6.67 Å². The van der Waals surface area contributed by atoms with E-state index in [2.05, 4.69) is 20.6 Å². The topological polar surface area (TPSA) is 49.8 Å². The van der Waals surface area contributed by atoms with Crippen LogP contribution in [0.2, 0.25) is 0 Å². The molecule has 0 fully saturated rings. The van der Waals surface area contributed by atoms with E-state index in [0.717, 1.165) is 6.67 Å². The van der Waals surface area contributed by atoms with Gasteiger partial charge in [-0.05, 0) is 0 Å². The molecule has 0 atom stereocenters. The van der Waals surface area contributed by atoms with Crippen molar-refractivity contribution in [2.24, 2.45) is 0 Å². The van der Waals surface area contributed by atoms with Crippen LogP contribution < -0.4 is 10.6 Å². The normalized spacial score (nSPS) is 12.4. The number of aromatic nitrogens is 2. The summed E-state index contributed by atoms with van der Waals surface area (Å²) < 4.78 is 0. The van der Waals surface area contributed by atoms with E-state index in [4.69, 9.17) is 0 Å². The molecule has 0 unspecified atom stereocenters. The van der Waals surface area contributed by atoms with Gasteiger partial charge < -0.3 is 10.6 Å². The summed E-state index contributed by atoms with van der Waals surface area (Å²) in [6, 6.07) is 0. The minimum atomic E-state index is 0.889. The van der Waals surface area contributed by atoms with E-state index in [-0.39, 0.29) is 0 Å². The second-order valence-electron chi connectivity index (χ2n) is 1.81. The fraction of sp³-hybridized carbons (Fsp3) is 0.143. The predicted octanol–water partition coefficient (Wildman–Crippen LogP) is 0.0845. The lowest BCUT2D eigenvalue weighted by Crippen LogP contribution is -2.10. The van der Waals surface area contributed by atoms with Crippen molar-refractivity contribution in [3.8, 4) is 0 Å². The molecule has 1 aliphatic heterocycles. The Labute approximate surface area is 65.4 Å². The third kappa shape index (κ3) is 3.91. The van der Waals surface area contributed by atoms with Crippen molar-refractivity contribution >= 4 is 0 Å². The highest BCUT2D eigenvalue weighted by molar-refractivity contribution is 4.82. The number of nitrogens with zero attached hydrogens (tertiary/aromatic N) is 2. The van der Waals surface area contributed by atoms with Crippen LogP contribution >= 0.6 is 0 Å². The lowest BCUT2D eigenvalue weighted by molar-refractivity contribution is 0.836. The standard InChI is InChI=1S/C4H4N2.C3H6N2/c1-2-6-4-3-5-1;1-2-5-3-4-1/h1-4H;1-2,4-5H,3H2. The molecule has 2 rings (SSSR count). The third-order valence-corrected chi connectivity index (χ3v) is 1.00. The zero-order valence-electron chi connectivity index (χ0n) is 6.07. The van der Waals surface area contributed by atoms with Gasteiger partial charge in [-0.1, -0.05) is 0 Å². The monoisotopic (exact) mass is 150 g/mol. The molecular weight excluding hydrogens is 140 g/mol. The van der Waals surface area contributed by atoms with E-state index >= 15 is 0 Å². The summed E-state index contributed by atoms with van der Waals surface area (Å²) in [5.74, 6) is 0. The maximum atomic E-state index is 3.72. The van der Waals surface area contributed by atoms with Crippen LogP contribution in [0.3, 0.4) is 0 Å². The van der Waals surface area contributed by atoms with E-state index in [9.17, 15) is 0 Å². The Balaban J connectivity index is 0.000000112. The fourth-order valence-corrected chi connectivity index (χ4v) is 0.548. The SMILES string of the molecule is C1=CNCN1.c1cnccn1. The summed E-state index contributed by atoms with van der Waals surface area (Å²) in [6.07, 6.45) is 10.3. The molecular formula is C7H10N4. The largest absolute Gasteiger partial charge is 0.373 e. The Kier molecular flexibility index (Phi) is 3.57. The van der Waals surface area contributed by atoms with Crippen LogP contribution in [0.25, 0.3) is 0 Å². The van der Waals surface area contributed by atoms with Crippen LogP contribution in [-0.4, -0.2) is 16.6 Å². The van der Waals surface area contributed by atoms with Crippen LogP contribution in [0, 0.1) is 0 Å². The summed E-state index contributed by atoms with van der Waals surface area (Å²) in [5, 5.41) is 5.86. The van der Waals surface area contributed by atoms with Crippen molar-refractivity contribution in [1.82, 2.24) is 20.6 Å². The van der Waals surface area contributed by atoms with Crippen LogP contribution in [0.4, 0.5) is 0 Å². The van der Waals surface area contributed by atoms with Gasteiger partial charge in [-0.2, -0.15) is 0 Å². The average Bonchev–Trinajstić information content (AvgIpc) is 2.64. The number of nitrogens with one attached hydrogen (secondary N) is 2. The first kappa shape index (κ1) is 7.53. The molecule has 0 spiro atoms. The maximum absolute atomic E-state index is 3.72. The first-order valence-corrected chi connectivity index (χ1v) is 3.32. The van der Waals surface area contributed by atoms with E-state index in [1.165, 1.54) is 0 Å². The Morgan fingerprint density at radius 1 is 0.818 bits per heavy atom. The van der Waals surface area contributed by atoms with Gasteiger partial charge in [0.1, 0.15) is 0 Å².